The quantitative estimate of drug-likeness (QED) is 0.450. The van der Waals surface area contributed by atoms with Crippen molar-refractivity contribution in [1.82, 2.24) is 19.6 Å². The highest BCUT2D eigenvalue weighted by molar-refractivity contribution is 6.32. The second-order valence-corrected chi connectivity index (χ2v) is 7.24. The van der Waals surface area contributed by atoms with Gasteiger partial charge < -0.3 is 10.1 Å². The number of nitrogens with one attached hydrogen (secondary N) is 1. The van der Waals surface area contributed by atoms with Crippen LogP contribution in [0.4, 0.5) is 5.82 Å². The largest absolute Gasteiger partial charge is 0.470 e. The summed E-state index contributed by atoms with van der Waals surface area (Å²) in [5.41, 5.74) is 1.39. The summed E-state index contributed by atoms with van der Waals surface area (Å²) in [6.07, 6.45) is 3.33. The fourth-order valence-electron chi connectivity index (χ4n) is 2.79. The number of aromatic nitrogens is 4. The number of rotatable bonds is 7. The Balaban J connectivity index is 1.39. The lowest BCUT2D eigenvalue weighted by molar-refractivity contribution is 0.100. The van der Waals surface area contributed by atoms with Crippen LogP contribution in [0.5, 0.6) is 5.75 Å². The van der Waals surface area contributed by atoms with E-state index in [2.05, 4.69) is 15.5 Å². The van der Waals surface area contributed by atoms with E-state index in [1.54, 1.807) is 35.1 Å². The summed E-state index contributed by atoms with van der Waals surface area (Å²) in [6, 6.07) is 18.0. The van der Waals surface area contributed by atoms with E-state index in [9.17, 15) is 4.79 Å². The Morgan fingerprint density at radius 2 is 1.83 bits per heavy atom. The second kappa shape index (κ2) is 9.02. The van der Waals surface area contributed by atoms with E-state index < -0.39 is 0 Å². The van der Waals surface area contributed by atoms with Crippen LogP contribution in [0, 0.1) is 0 Å². The molecule has 30 heavy (non-hydrogen) atoms. The van der Waals surface area contributed by atoms with Crippen molar-refractivity contribution in [2.75, 3.05) is 5.32 Å². The molecule has 0 bridgehead atoms. The molecule has 0 spiro atoms. The monoisotopic (exact) mass is 441 g/mol. The van der Waals surface area contributed by atoms with Gasteiger partial charge in [0.2, 0.25) is 0 Å². The number of carbonyl (C=O) groups is 1. The van der Waals surface area contributed by atoms with Crippen LogP contribution >= 0.6 is 23.2 Å². The van der Waals surface area contributed by atoms with Crippen molar-refractivity contribution >= 4 is 34.9 Å². The second-order valence-electron chi connectivity index (χ2n) is 6.40. The van der Waals surface area contributed by atoms with Crippen molar-refractivity contribution in [2.45, 2.75) is 13.3 Å². The third-order valence-corrected chi connectivity index (χ3v) is 4.83. The molecule has 0 aliphatic rings. The number of nitrogens with zero attached hydrogens (tertiary/aromatic N) is 4. The molecule has 4 rings (SSSR count). The zero-order chi connectivity index (χ0) is 20.9. The zero-order valence-electron chi connectivity index (χ0n) is 15.7. The number of halogens is 2. The Morgan fingerprint density at radius 3 is 2.63 bits per heavy atom. The molecular weight excluding hydrogens is 425 g/mol. The third kappa shape index (κ3) is 4.82. The first-order valence-electron chi connectivity index (χ1n) is 9.07. The molecule has 4 aromatic rings. The van der Waals surface area contributed by atoms with Crippen LogP contribution in [0.25, 0.3) is 0 Å². The van der Waals surface area contributed by atoms with Gasteiger partial charge in [-0.2, -0.15) is 10.2 Å². The number of anilines is 1. The van der Waals surface area contributed by atoms with Crippen molar-refractivity contribution in [3.05, 3.63) is 94.4 Å². The van der Waals surface area contributed by atoms with E-state index in [0.29, 0.717) is 33.9 Å². The molecule has 0 aliphatic heterocycles. The van der Waals surface area contributed by atoms with Gasteiger partial charge in [0.25, 0.3) is 5.91 Å². The minimum absolute atomic E-state index is 0.0461. The molecule has 2 heterocycles. The lowest BCUT2D eigenvalue weighted by Crippen LogP contribution is -2.20. The Morgan fingerprint density at radius 1 is 1.03 bits per heavy atom. The number of amides is 1. The molecule has 2 aromatic carbocycles. The minimum atomic E-state index is -0.341. The van der Waals surface area contributed by atoms with Crippen LogP contribution in [-0.4, -0.2) is 25.5 Å². The van der Waals surface area contributed by atoms with E-state index in [4.69, 9.17) is 27.9 Å². The summed E-state index contributed by atoms with van der Waals surface area (Å²) in [7, 11) is 0. The van der Waals surface area contributed by atoms with Gasteiger partial charge in [0.05, 0.1) is 11.6 Å². The molecule has 0 aliphatic carbocycles. The van der Waals surface area contributed by atoms with Gasteiger partial charge in [-0.25, -0.2) is 4.68 Å². The van der Waals surface area contributed by atoms with Gasteiger partial charge in [0, 0.05) is 23.5 Å². The molecule has 0 saturated carbocycles. The average molecular weight is 442 g/mol. The Hall–Kier alpha value is -3.29. The first-order valence-corrected chi connectivity index (χ1v) is 9.82. The normalized spacial score (nSPS) is 10.7. The highest BCUT2D eigenvalue weighted by Crippen LogP contribution is 2.23. The standard InChI is InChI=1S/C21H17Cl2N5O2/c22-16-7-5-15(6-8-16)13-27-12-10-20(26-27)25-21(29)18-9-11-24-28(18)14-30-19-4-2-1-3-17(19)23/h1-12H,13-14H2,(H,25,26,29). The SMILES string of the molecule is O=C(Nc1ccn(Cc2ccc(Cl)cc2)n1)c1ccnn1COc1ccccc1Cl. The van der Waals surface area contributed by atoms with Gasteiger partial charge in [-0.15, -0.1) is 0 Å². The summed E-state index contributed by atoms with van der Waals surface area (Å²) < 4.78 is 8.84. The molecule has 1 N–H and O–H groups in total. The zero-order valence-corrected chi connectivity index (χ0v) is 17.2. The maximum atomic E-state index is 12.7. The smallest absolute Gasteiger partial charge is 0.275 e. The molecule has 7 nitrogen and oxygen atoms in total. The maximum absolute atomic E-state index is 12.7. The van der Waals surface area contributed by atoms with Crippen LogP contribution in [0.15, 0.2) is 73.1 Å². The fourth-order valence-corrected chi connectivity index (χ4v) is 3.11. The molecule has 0 unspecified atom stereocenters. The van der Waals surface area contributed by atoms with Gasteiger partial charge >= 0.3 is 0 Å². The number of ether oxygens (including phenoxy) is 1. The van der Waals surface area contributed by atoms with Crippen molar-refractivity contribution in [3.63, 3.8) is 0 Å². The van der Waals surface area contributed by atoms with Gasteiger partial charge in [0.15, 0.2) is 12.5 Å². The molecule has 9 heteroatoms. The predicted octanol–water partition coefficient (Wildman–Crippen LogP) is 4.72. The first kappa shape index (κ1) is 20.0. The number of hydrogen-bond acceptors (Lipinski definition) is 4. The van der Waals surface area contributed by atoms with E-state index in [-0.39, 0.29) is 12.6 Å². The molecule has 0 atom stereocenters. The topological polar surface area (TPSA) is 74.0 Å². The lowest BCUT2D eigenvalue weighted by Gasteiger charge is -2.10. The van der Waals surface area contributed by atoms with Crippen LogP contribution in [0.1, 0.15) is 16.1 Å². The van der Waals surface area contributed by atoms with Crippen LogP contribution < -0.4 is 10.1 Å². The van der Waals surface area contributed by atoms with Crippen LogP contribution in [-0.2, 0) is 13.3 Å². The summed E-state index contributed by atoms with van der Waals surface area (Å²) in [4.78, 5) is 12.7. The highest BCUT2D eigenvalue weighted by Gasteiger charge is 2.14. The van der Waals surface area contributed by atoms with Crippen LogP contribution in [0.2, 0.25) is 10.0 Å². The van der Waals surface area contributed by atoms with Gasteiger partial charge in [0.1, 0.15) is 11.4 Å². The van der Waals surface area contributed by atoms with Crippen molar-refractivity contribution < 1.29 is 9.53 Å². The average Bonchev–Trinajstić information content (AvgIpc) is 3.38. The molecule has 0 fully saturated rings. The Labute approximate surface area is 182 Å². The van der Waals surface area contributed by atoms with Gasteiger partial charge in [-0.3, -0.25) is 9.48 Å². The number of para-hydroxylation sites is 1. The summed E-state index contributed by atoms with van der Waals surface area (Å²) in [6.45, 7) is 0.612. The number of hydrogen-bond donors (Lipinski definition) is 1. The highest BCUT2D eigenvalue weighted by atomic mass is 35.5. The molecule has 0 saturated heterocycles. The molecular formula is C21H17Cl2N5O2. The van der Waals surface area contributed by atoms with Gasteiger partial charge in [-0.05, 0) is 35.9 Å². The van der Waals surface area contributed by atoms with E-state index in [0.717, 1.165) is 5.56 Å². The van der Waals surface area contributed by atoms with E-state index >= 15 is 0 Å². The summed E-state index contributed by atoms with van der Waals surface area (Å²) in [5, 5.41) is 12.5. The maximum Gasteiger partial charge on any atom is 0.275 e. The van der Waals surface area contributed by atoms with E-state index in [1.807, 2.05) is 36.4 Å². The predicted molar refractivity (Wildman–Crippen MR) is 115 cm³/mol. The van der Waals surface area contributed by atoms with E-state index in [1.165, 1.54) is 10.9 Å². The van der Waals surface area contributed by atoms with Crippen molar-refractivity contribution in [3.8, 4) is 5.75 Å². The van der Waals surface area contributed by atoms with Crippen molar-refractivity contribution in [1.29, 1.82) is 0 Å². The van der Waals surface area contributed by atoms with Crippen molar-refractivity contribution in [2.24, 2.45) is 0 Å². The Bertz CT molecular complexity index is 1150. The third-order valence-electron chi connectivity index (χ3n) is 4.27. The molecule has 1 amide bonds. The van der Waals surface area contributed by atoms with Gasteiger partial charge in [-0.1, -0.05) is 47.5 Å². The Kier molecular flexibility index (Phi) is 6.02. The molecule has 2 aromatic heterocycles. The lowest BCUT2D eigenvalue weighted by atomic mass is 10.2. The molecule has 0 radical (unpaired) electrons. The molecule has 152 valence electrons. The number of benzene rings is 2. The van der Waals surface area contributed by atoms with Crippen LogP contribution in [0.3, 0.4) is 0 Å². The summed E-state index contributed by atoms with van der Waals surface area (Å²) >= 11 is 12.0. The number of carbonyl (C=O) groups excluding carboxylic acids is 1. The summed E-state index contributed by atoms with van der Waals surface area (Å²) in [5.74, 6) is 0.614. The minimum Gasteiger partial charge on any atom is -0.470 e. The fraction of sp³-hybridized carbons (Fsp3) is 0.0952. The first-order chi connectivity index (χ1) is 14.6.